The Kier molecular flexibility index (Phi) is 6.07. The topological polar surface area (TPSA) is 96.3 Å². The molecule has 1 heterocycles. The Morgan fingerprint density at radius 3 is 2.38 bits per heavy atom. The number of Topliss-reactive ketones (excluding diaryl/α,β-unsaturated/α-hetero) is 1. The Bertz CT molecular complexity index is 937. The fourth-order valence-electron chi connectivity index (χ4n) is 3.37. The average molecular weight is 394 g/mol. The van der Waals surface area contributed by atoms with Crippen molar-refractivity contribution in [2.24, 2.45) is 16.9 Å². The maximum absolute atomic E-state index is 12.9. The number of hydrazone groups is 1. The quantitative estimate of drug-likeness (QED) is 0.692. The summed E-state index contributed by atoms with van der Waals surface area (Å²) in [5.41, 5.74) is 1.31. The number of carbonyl (C=O) groups excluding carboxylic acids is 2. The van der Waals surface area contributed by atoms with Crippen molar-refractivity contribution in [2.45, 2.75) is 20.3 Å². The zero-order valence-electron chi connectivity index (χ0n) is 16.2. The van der Waals surface area contributed by atoms with Crippen LogP contribution in [0.3, 0.4) is 0 Å². The van der Waals surface area contributed by atoms with Crippen molar-refractivity contribution in [3.63, 3.8) is 0 Å². The molecule has 29 heavy (non-hydrogen) atoms. The van der Waals surface area contributed by atoms with Crippen molar-refractivity contribution in [3.8, 4) is 5.75 Å². The number of hydrogen-bond donors (Lipinski definition) is 1. The number of carboxylic acids is 1. The van der Waals surface area contributed by atoms with E-state index in [1.165, 1.54) is 5.01 Å². The molecule has 150 valence electrons. The van der Waals surface area contributed by atoms with E-state index in [-0.39, 0.29) is 12.2 Å². The van der Waals surface area contributed by atoms with Gasteiger partial charge in [-0.1, -0.05) is 18.2 Å². The van der Waals surface area contributed by atoms with Crippen LogP contribution < -0.4 is 9.75 Å². The molecule has 0 fully saturated rings. The van der Waals surface area contributed by atoms with Gasteiger partial charge < -0.3 is 9.84 Å². The molecule has 1 N–H and O–H groups in total. The normalized spacial score (nSPS) is 17.0. The van der Waals surface area contributed by atoms with Crippen molar-refractivity contribution in [2.75, 3.05) is 11.6 Å². The Morgan fingerprint density at radius 2 is 1.79 bits per heavy atom. The van der Waals surface area contributed by atoms with Crippen LogP contribution in [0.1, 0.15) is 30.6 Å². The van der Waals surface area contributed by atoms with Crippen LogP contribution in [0.5, 0.6) is 5.75 Å². The smallest absolute Gasteiger partial charge is 0.308 e. The molecule has 0 radical (unpaired) electrons. The van der Waals surface area contributed by atoms with E-state index in [2.05, 4.69) is 5.10 Å². The molecule has 1 amide bonds. The molecule has 0 aliphatic carbocycles. The van der Waals surface area contributed by atoms with Gasteiger partial charge in [0.15, 0.2) is 5.78 Å². The first-order valence-corrected chi connectivity index (χ1v) is 9.35. The van der Waals surface area contributed by atoms with E-state index in [4.69, 9.17) is 4.74 Å². The molecule has 0 bridgehead atoms. The Labute approximate surface area is 168 Å². The van der Waals surface area contributed by atoms with Crippen LogP contribution in [0.15, 0.2) is 59.7 Å². The summed E-state index contributed by atoms with van der Waals surface area (Å²) in [6.07, 6.45) is -0.296. The zero-order valence-corrected chi connectivity index (χ0v) is 16.2. The summed E-state index contributed by atoms with van der Waals surface area (Å²) < 4.78 is 5.35. The summed E-state index contributed by atoms with van der Waals surface area (Å²) in [7, 11) is 0. The van der Waals surface area contributed by atoms with Gasteiger partial charge in [-0.25, -0.2) is 5.01 Å². The molecule has 3 rings (SSSR count). The highest BCUT2D eigenvalue weighted by Crippen LogP contribution is 2.31. The van der Waals surface area contributed by atoms with Gasteiger partial charge >= 0.3 is 5.97 Å². The number of rotatable bonds is 8. The molecular formula is C22H22N2O5. The number of para-hydroxylation sites is 1. The minimum atomic E-state index is -1.20. The number of hydrogen-bond acceptors (Lipinski definition) is 5. The molecule has 0 saturated carbocycles. The summed E-state index contributed by atoms with van der Waals surface area (Å²) in [5, 5.41) is 15.2. The van der Waals surface area contributed by atoms with Gasteiger partial charge in [-0.15, -0.1) is 0 Å². The van der Waals surface area contributed by atoms with E-state index < -0.39 is 23.7 Å². The van der Waals surface area contributed by atoms with E-state index in [0.29, 0.717) is 29.3 Å². The largest absolute Gasteiger partial charge is 0.494 e. The third kappa shape index (κ3) is 4.34. The highest BCUT2D eigenvalue weighted by atomic mass is 16.5. The van der Waals surface area contributed by atoms with Crippen molar-refractivity contribution >= 4 is 29.1 Å². The van der Waals surface area contributed by atoms with Crippen molar-refractivity contribution in [1.82, 2.24) is 0 Å². The molecule has 0 saturated heterocycles. The van der Waals surface area contributed by atoms with Gasteiger partial charge in [0.1, 0.15) is 5.75 Å². The zero-order chi connectivity index (χ0) is 21.0. The van der Waals surface area contributed by atoms with Crippen LogP contribution in [0.2, 0.25) is 0 Å². The predicted octanol–water partition coefficient (Wildman–Crippen LogP) is 3.40. The SMILES string of the molecule is CCOc1ccc(C(=O)C[C@H](C(=O)O)[C@@H]2C(=O)N(c3ccccc3)N=C2C)cc1. The highest BCUT2D eigenvalue weighted by Gasteiger charge is 2.44. The second kappa shape index (κ2) is 8.68. The highest BCUT2D eigenvalue weighted by molar-refractivity contribution is 6.17. The predicted molar refractivity (Wildman–Crippen MR) is 108 cm³/mol. The number of amides is 1. The van der Waals surface area contributed by atoms with E-state index in [1.807, 2.05) is 13.0 Å². The molecule has 0 aromatic heterocycles. The maximum atomic E-state index is 12.9. The molecular weight excluding hydrogens is 372 g/mol. The molecule has 0 spiro atoms. The second-order valence-corrected chi connectivity index (χ2v) is 6.73. The van der Waals surface area contributed by atoms with Crippen LogP contribution in [-0.4, -0.2) is 35.1 Å². The maximum Gasteiger partial charge on any atom is 0.308 e. The average Bonchev–Trinajstić information content (AvgIpc) is 3.01. The van der Waals surface area contributed by atoms with Gasteiger partial charge in [0, 0.05) is 17.7 Å². The number of aliphatic carboxylic acids is 1. The molecule has 0 unspecified atom stereocenters. The molecule has 2 aromatic carbocycles. The van der Waals surface area contributed by atoms with E-state index in [0.717, 1.165) is 0 Å². The third-order valence-electron chi connectivity index (χ3n) is 4.80. The third-order valence-corrected chi connectivity index (χ3v) is 4.80. The van der Waals surface area contributed by atoms with Gasteiger partial charge in [-0.2, -0.15) is 5.10 Å². The molecule has 7 heteroatoms. The lowest BCUT2D eigenvalue weighted by atomic mass is 9.83. The summed E-state index contributed by atoms with van der Waals surface area (Å²) in [4.78, 5) is 37.5. The number of benzene rings is 2. The van der Waals surface area contributed by atoms with E-state index in [9.17, 15) is 19.5 Å². The second-order valence-electron chi connectivity index (χ2n) is 6.73. The van der Waals surface area contributed by atoms with Crippen molar-refractivity contribution in [3.05, 3.63) is 60.2 Å². The van der Waals surface area contributed by atoms with Crippen molar-refractivity contribution < 1.29 is 24.2 Å². The summed E-state index contributed by atoms with van der Waals surface area (Å²) in [5.74, 6) is -3.54. The molecule has 1 aliphatic heterocycles. The minimum Gasteiger partial charge on any atom is -0.494 e. The minimum absolute atomic E-state index is 0.296. The number of carbonyl (C=O) groups is 3. The van der Waals surface area contributed by atoms with Crippen LogP contribution in [0, 0.1) is 11.8 Å². The van der Waals surface area contributed by atoms with Gasteiger partial charge in [0.05, 0.1) is 24.1 Å². The number of nitrogens with zero attached hydrogens (tertiary/aromatic N) is 2. The fraction of sp³-hybridized carbons (Fsp3) is 0.273. The van der Waals surface area contributed by atoms with Gasteiger partial charge in [0.25, 0.3) is 5.91 Å². The first kappa shape index (κ1) is 20.3. The number of anilines is 1. The monoisotopic (exact) mass is 394 g/mol. The van der Waals surface area contributed by atoms with Crippen LogP contribution in [0.25, 0.3) is 0 Å². The molecule has 2 aromatic rings. The summed E-state index contributed by atoms with van der Waals surface area (Å²) >= 11 is 0. The van der Waals surface area contributed by atoms with Crippen molar-refractivity contribution in [1.29, 1.82) is 0 Å². The number of ether oxygens (including phenoxy) is 1. The molecule has 1 aliphatic rings. The Morgan fingerprint density at radius 1 is 1.14 bits per heavy atom. The van der Waals surface area contributed by atoms with E-state index >= 15 is 0 Å². The van der Waals surface area contributed by atoms with Gasteiger partial charge in [0.2, 0.25) is 0 Å². The lowest BCUT2D eigenvalue weighted by Gasteiger charge is -2.19. The first-order valence-electron chi connectivity index (χ1n) is 9.35. The standard InChI is InChI=1S/C22H22N2O5/c1-3-29-17-11-9-15(10-12-17)19(25)13-18(22(27)28)20-14(2)23-24(21(20)26)16-7-5-4-6-8-16/h4-12,18,20H,3,13H2,1-2H3,(H,27,28)/t18-,20+/m0/s1. The lowest BCUT2D eigenvalue weighted by molar-refractivity contribution is -0.144. The van der Waals surface area contributed by atoms with Crippen LogP contribution in [0.4, 0.5) is 5.69 Å². The van der Waals surface area contributed by atoms with Gasteiger partial charge in [-0.05, 0) is 50.2 Å². The number of ketones is 1. The lowest BCUT2D eigenvalue weighted by Crippen LogP contribution is -2.37. The number of carboxylic acid groups (broad SMARTS) is 1. The fourth-order valence-corrected chi connectivity index (χ4v) is 3.37. The van der Waals surface area contributed by atoms with E-state index in [1.54, 1.807) is 55.5 Å². The van der Waals surface area contributed by atoms with Crippen LogP contribution in [-0.2, 0) is 9.59 Å². The van der Waals surface area contributed by atoms with Gasteiger partial charge in [-0.3, -0.25) is 14.4 Å². The Hall–Kier alpha value is -3.48. The molecule has 2 atom stereocenters. The first-order chi connectivity index (χ1) is 13.9. The molecule has 7 nitrogen and oxygen atoms in total. The van der Waals surface area contributed by atoms with Crippen LogP contribution >= 0.6 is 0 Å². The Balaban J connectivity index is 1.79. The summed E-state index contributed by atoms with van der Waals surface area (Å²) in [6.45, 7) is 3.98. The summed E-state index contributed by atoms with van der Waals surface area (Å²) in [6, 6.07) is 15.3.